The van der Waals surface area contributed by atoms with Crippen LogP contribution in [0.5, 0.6) is 5.75 Å². The molecule has 0 N–H and O–H groups in total. The van der Waals surface area contributed by atoms with Gasteiger partial charge in [-0.05, 0) is 25.1 Å². The summed E-state index contributed by atoms with van der Waals surface area (Å²) in [6, 6.07) is 7.28. The molecular formula is C14H13N3O2. The highest BCUT2D eigenvalue weighted by Crippen LogP contribution is 2.21. The molecule has 5 heteroatoms. The number of ketones is 1. The quantitative estimate of drug-likeness (QED) is 0.784. The third-order valence-electron chi connectivity index (χ3n) is 2.84. The summed E-state index contributed by atoms with van der Waals surface area (Å²) in [5.41, 5.74) is 1.46. The fourth-order valence-corrected chi connectivity index (χ4v) is 1.85. The zero-order chi connectivity index (χ0) is 13.8. The van der Waals surface area contributed by atoms with Crippen LogP contribution in [-0.4, -0.2) is 22.4 Å². The monoisotopic (exact) mass is 255 g/mol. The molecule has 0 aliphatic rings. The Balaban J connectivity index is 2.41. The molecule has 0 saturated heterocycles. The van der Waals surface area contributed by atoms with E-state index in [9.17, 15) is 4.79 Å². The van der Waals surface area contributed by atoms with Crippen molar-refractivity contribution in [3.63, 3.8) is 0 Å². The van der Waals surface area contributed by atoms with E-state index in [0.29, 0.717) is 23.7 Å². The number of imidazole rings is 1. The van der Waals surface area contributed by atoms with Crippen LogP contribution in [0.2, 0.25) is 0 Å². The van der Waals surface area contributed by atoms with Gasteiger partial charge in [-0.3, -0.25) is 4.79 Å². The van der Waals surface area contributed by atoms with Crippen molar-refractivity contribution in [3.05, 3.63) is 47.5 Å². The fourth-order valence-electron chi connectivity index (χ4n) is 1.85. The highest BCUT2D eigenvalue weighted by molar-refractivity contribution is 5.94. The van der Waals surface area contributed by atoms with Crippen LogP contribution in [-0.2, 0) is 6.54 Å². The number of ether oxygens (including phenoxy) is 1. The first-order valence-electron chi connectivity index (χ1n) is 5.74. The summed E-state index contributed by atoms with van der Waals surface area (Å²) in [6.45, 7) is 1.96. The number of hydrogen-bond acceptors (Lipinski definition) is 4. The summed E-state index contributed by atoms with van der Waals surface area (Å²) in [5, 5.41) is 8.94. The molecule has 0 amide bonds. The predicted octanol–water partition coefficient (Wildman–Crippen LogP) is 2.01. The van der Waals surface area contributed by atoms with Crippen molar-refractivity contribution in [2.75, 3.05) is 7.11 Å². The minimum absolute atomic E-state index is 0.00459. The highest BCUT2D eigenvalue weighted by atomic mass is 16.5. The van der Waals surface area contributed by atoms with Crippen LogP contribution >= 0.6 is 0 Å². The molecule has 1 aromatic carbocycles. The number of carbonyl (C=O) groups is 1. The van der Waals surface area contributed by atoms with Gasteiger partial charge in [-0.1, -0.05) is 0 Å². The maximum atomic E-state index is 11.4. The zero-order valence-electron chi connectivity index (χ0n) is 10.8. The number of carbonyl (C=O) groups excluding carboxylic acids is 1. The van der Waals surface area contributed by atoms with Crippen molar-refractivity contribution in [3.8, 4) is 11.8 Å². The first kappa shape index (κ1) is 12.8. The number of hydrogen-bond donors (Lipinski definition) is 0. The Kier molecular flexibility index (Phi) is 3.62. The van der Waals surface area contributed by atoms with Gasteiger partial charge in [0.2, 0.25) is 5.82 Å². The van der Waals surface area contributed by atoms with E-state index in [1.54, 1.807) is 42.3 Å². The maximum Gasteiger partial charge on any atom is 0.213 e. The minimum atomic E-state index is -0.00459. The molecule has 0 aliphatic carbocycles. The molecule has 5 nitrogen and oxygen atoms in total. The second-order valence-corrected chi connectivity index (χ2v) is 4.07. The van der Waals surface area contributed by atoms with E-state index in [-0.39, 0.29) is 5.78 Å². The smallest absolute Gasteiger partial charge is 0.213 e. The lowest BCUT2D eigenvalue weighted by atomic mass is 10.1. The van der Waals surface area contributed by atoms with Crippen LogP contribution in [0, 0.1) is 11.3 Å². The first-order chi connectivity index (χ1) is 9.15. The third kappa shape index (κ3) is 2.63. The molecule has 0 spiro atoms. The van der Waals surface area contributed by atoms with E-state index in [4.69, 9.17) is 10.00 Å². The van der Waals surface area contributed by atoms with E-state index in [2.05, 4.69) is 4.98 Å². The van der Waals surface area contributed by atoms with E-state index in [1.165, 1.54) is 6.92 Å². The standard InChI is InChI=1S/C14H13N3O2/c1-10(18)11-3-4-13(19-2)12(7-11)9-17-6-5-16-14(17)8-15/h3-7H,9H2,1-2H3. The molecule has 2 rings (SSSR count). The lowest BCUT2D eigenvalue weighted by Gasteiger charge is -2.11. The second-order valence-electron chi connectivity index (χ2n) is 4.07. The van der Waals surface area contributed by atoms with Gasteiger partial charge in [0.15, 0.2) is 5.78 Å². The van der Waals surface area contributed by atoms with Gasteiger partial charge >= 0.3 is 0 Å². The number of Topliss-reactive ketones (excluding diaryl/α,β-unsaturated/α-hetero) is 1. The Morgan fingerprint density at radius 2 is 2.32 bits per heavy atom. The number of aromatic nitrogens is 2. The summed E-state index contributed by atoms with van der Waals surface area (Å²) in [5.74, 6) is 1.01. The molecule has 0 aliphatic heterocycles. The number of methoxy groups -OCH3 is 1. The van der Waals surface area contributed by atoms with E-state index >= 15 is 0 Å². The largest absolute Gasteiger partial charge is 0.496 e. The highest BCUT2D eigenvalue weighted by Gasteiger charge is 2.10. The van der Waals surface area contributed by atoms with Crippen LogP contribution < -0.4 is 4.74 Å². The number of nitrogens with zero attached hydrogens (tertiary/aromatic N) is 3. The molecule has 0 unspecified atom stereocenters. The summed E-state index contributed by atoms with van der Waals surface area (Å²) in [4.78, 5) is 15.3. The Bertz CT molecular complexity index is 653. The van der Waals surface area contributed by atoms with Crippen molar-refractivity contribution in [1.82, 2.24) is 9.55 Å². The van der Waals surface area contributed by atoms with Crippen LogP contribution in [0.15, 0.2) is 30.6 Å². The summed E-state index contributed by atoms with van der Waals surface area (Å²) < 4.78 is 6.98. The molecule has 19 heavy (non-hydrogen) atoms. The molecule has 0 radical (unpaired) electrons. The molecule has 2 aromatic rings. The van der Waals surface area contributed by atoms with Crippen molar-refractivity contribution >= 4 is 5.78 Å². The Labute approximate surface area is 111 Å². The van der Waals surface area contributed by atoms with Gasteiger partial charge in [0, 0.05) is 23.5 Å². The normalized spacial score (nSPS) is 9.95. The lowest BCUT2D eigenvalue weighted by molar-refractivity contribution is 0.101. The van der Waals surface area contributed by atoms with Crippen molar-refractivity contribution in [2.24, 2.45) is 0 Å². The fraction of sp³-hybridized carbons (Fsp3) is 0.214. The van der Waals surface area contributed by atoms with Crippen LogP contribution in [0.3, 0.4) is 0 Å². The molecule has 96 valence electrons. The topological polar surface area (TPSA) is 67.9 Å². The molecule has 0 fully saturated rings. The Morgan fingerprint density at radius 1 is 1.53 bits per heavy atom. The SMILES string of the molecule is COc1ccc(C(C)=O)cc1Cn1ccnc1C#N. The summed E-state index contributed by atoms with van der Waals surface area (Å²) in [7, 11) is 1.57. The van der Waals surface area contributed by atoms with Gasteiger partial charge in [-0.25, -0.2) is 4.98 Å². The van der Waals surface area contributed by atoms with Crippen molar-refractivity contribution in [2.45, 2.75) is 13.5 Å². The van der Waals surface area contributed by atoms with Gasteiger partial charge in [0.1, 0.15) is 11.8 Å². The van der Waals surface area contributed by atoms with Crippen molar-refractivity contribution in [1.29, 1.82) is 5.26 Å². The minimum Gasteiger partial charge on any atom is -0.496 e. The molecule has 0 bridgehead atoms. The molecule has 0 saturated carbocycles. The van der Waals surface area contributed by atoms with Gasteiger partial charge in [-0.15, -0.1) is 0 Å². The van der Waals surface area contributed by atoms with E-state index < -0.39 is 0 Å². The zero-order valence-corrected chi connectivity index (χ0v) is 10.8. The summed E-state index contributed by atoms with van der Waals surface area (Å²) in [6.07, 6.45) is 3.29. The lowest BCUT2D eigenvalue weighted by Crippen LogP contribution is -2.05. The number of rotatable bonds is 4. The third-order valence-corrected chi connectivity index (χ3v) is 2.84. The van der Waals surface area contributed by atoms with Crippen molar-refractivity contribution < 1.29 is 9.53 Å². The van der Waals surface area contributed by atoms with E-state index in [0.717, 1.165) is 5.56 Å². The Morgan fingerprint density at radius 3 is 2.95 bits per heavy atom. The predicted molar refractivity (Wildman–Crippen MR) is 69.0 cm³/mol. The first-order valence-corrected chi connectivity index (χ1v) is 5.74. The molecule has 1 aromatic heterocycles. The van der Waals surface area contributed by atoms with Gasteiger partial charge in [0.25, 0.3) is 0 Å². The summed E-state index contributed by atoms with van der Waals surface area (Å²) >= 11 is 0. The molecule has 1 heterocycles. The molecule has 0 atom stereocenters. The van der Waals surface area contributed by atoms with Gasteiger partial charge < -0.3 is 9.30 Å². The second kappa shape index (κ2) is 5.36. The van der Waals surface area contributed by atoms with Crippen LogP contribution in [0.25, 0.3) is 0 Å². The average molecular weight is 255 g/mol. The molecular weight excluding hydrogens is 242 g/mol. The van der Waals surface area contributed by atoms with E-state index in [1.807, 2.05) is 6.07 Å². The van der Waals surface area contributed by atoms with Gasteiger partial charge in [0.05, 0.1) is 13.7 Å². The number of nitriles is 1. The van der Waals surface area contributed by atoms with Crippen LogP contribution in [0.4, 0.5) is 0 Å². The Hall–Kier alpha value is -2.61. The number of benzene rings is 1. The maximum absolute atomic E-state index is 11.4. The van der Waals surface area contributed by atoms with Crippen LogP contribution in [0.1, 0.15) is 28.7 Å². The van der Waals surface area contributed by atoms with Gasteiger partial charge in [-0.2, -0.15) is 5.26 Å². The average Bonchev–Trinajstić information content (AvgIpc) is 2.85.